The molecule has 2 N–H and O–H groups in total. The van der Waals surface area contributed by atoms with Crippen LogP contribution in [0, 0.1) is 5.92 Å². The summed E-state index contributed by atoms with van der Waals surface area (Å²) in [6.45, 7) is 5.43. The maximum Gasteiger partial charge on any atom is 0.0702 e. The minimum absolute atomic E-state index is 0.311. The molecule has 1 aliphatic rings. The molecule has 1 aromatic heterocycles. The third kappa shape index (κ3) is 2.77. The van der Waals surface area contributed by atoms with Gasteiger partial charge in [-0.2, -0.15) is 0 Å². The van der Waals surface area contributed by atoms with Crippen molar-refractivity contribution >= 4 is 10.9 Å². The molecular weight excluding hydrogens is 234 g/mol. The predicted octanol–water partition coefficient (Wildman–Crippen LogP) is 2.40. The first kappa shape index (κ1) is 12.6. The summed E-state index contributed by atoms with van der Waals surface area (Å²) in [5.41, 5.74) is 8.43. The van der Waals surface area contributed by atoms with E-state index in [-0.39, 0.29) is 0 Å². The number of aromatic nitrogens is 1. The fourth-order valence-electron chi connectivity index (χ4n) is 2.92. The molecule has 3 nitrogen and oxygen atoms in total. The van der Waals surface area contributed by atoms with Gasteiger partial charge >= 0.3 is 0 Å². The molecule has 1 saturated heterocycles. The molecule has 1 aromatic carbocycles. The van der Waals surface area contributed by atoms with E-state index in [1.165, 1.54) is 17.4 Å². The zero-order valence-electron chi connectivity index (χ0n) is 11.4. The fourth-order valence-corrected chi connectivity index (χ4v) is 2.92. The van der Waals surface area contributed by atoms with Crippen LogP contribution < -0.4 is 5.73 Å². The SMILES string of the molecule is CC(N)C1CCN(Cc2ccc3ncccc3c2)C1. The molecule has 0 radical (unpaired) electrons. The minimum atomic E-state index is 0.311. The molecule has 2 unspecified atom stereocenters. The van der Waals surface area contributed by atoms with Crippen molar-refractivity contribution in [2.45, 2.75) is 25.9 Å². The number of benzene rings is 1. The Morgan fingerprint density at radius 1 is 1.42 bits per heavy atom. The van der Waals surface area contributed by atoms with Crippen LogP contribution in [-0.4, -0.2) is 29.0 Å². The van der Waals surface area contributed by atoms with Crippen LogP contribution in [-0.2, 0) is 6.54 Å². The largest absolute Gasteiger partial charge is 0.328 e. The average molecular weight is 255 g/mol. The standard InChI is InChI=1S/C16H21N3/c1-12(17)15-6-8-19(11-15)10-13-4-5-16-14(9-13)3-2-7-18-16/h2-5,7,9,12,15H,6,8,10-11,17H2,1H3. The van der Waals surface area contributed by atoms with Gasteiger partial charge in [0, 0.05) is 30.7 Å². The lowest BCUT2D eigenvalue weighted by Gasteiger charge is -2.18. The number of hydrogen-bond donors (Lipinski definition) is 1. The van der Waals surface area contributed by atoms with Gasteiger partial charge in [0.25, 0.3) is 0 Å². The lowest BCUT2D eigenvalue weighted by Crippen LogP contribution is -2.29. The Balaban J connectivity index is 1.72. The van der Waals surface area contributed by atoms with Crippen LogP contribution in [0.1, 0.15) is 18.9 Å². The number of nitrogens with zero attached hydrogens (tertiary/aromatic N) is 2. The summed E-state index contributed by atoms with van der Waals surface area (Å²) in [5.74, 6) is 0.655. The van der Waals surface area contributed by atoms with E-state index in [9.17, 15) is 0 Å². The van der Waals surface area contributed by atoms with Crippen molar-refractivity contribution in [2.24, 2.45) is 11.7 Å². The molecule has 2 atom stereocenters. The molecular formula is C16H21N3. The summed E-state index contributed by atoms with van der Waals surface area (Å²) in [4.78, 5) is 6.86. The molecule has 2 heterocycles. The number of pyridine rings is 1. The van der Waals surface area contributed by atoms with Crippen molar-refractivity contribution in [2.75, 3.05) is 13.1 Å². The fraction of sp³-hybridized carbons (Fsp3) is 0.438. The van der Waals surface area contributed by atoms with Gasteiger partial charge in [0.05, 0.1) is 5.52 Å². The summed E-state index contributed by atoms with van der Waals surface area (Å²) in [7, 11) is 0. The van der Waals surface area contributed by atoms with E-state index in [1.54, 1.807) is 0 Å². The maximum absolute atomic E-state index is 5.99. The molecule has 0 aliphatic carbocycles. The molecule has 0 bridgehead atoms. The normalized spacial score (nSPS) is 21.9. The van der Waals surface area contributed by atoms with Crippen molar-refractivity contribution < 1.29 is 0 Å². The van der Waals surface area contributed by atoms with Crippen molar-refractivity contribution in [3.05, 3.63) is 42.1 Å². The highest BCUT2D eigenvalue weighted by Crippen LogP contribution is 2.22. The Labute approximate surface area is 114 Å². The second-order valence-corrected chi connectivity index (χ2v) is 5.67. The minimum Gasteiger partial charge on any atom is -0.328 e. The number of hydrogen-bond acceptors (Lipinski definition) is 3. The zero-order chi connectivity index (χ0) is 13.2. The number of nitrogens with two attached hydrogens (primary N) is 1. The maximum atomic E-state index is 5.99. The van der Waals surface area contributed by atoms with E-state index >= 15 is 0 Å². The van der Waals surface area contributed by atoms with Crippen molar-refractivity contribution in [3.8, 4) is 0 Å². The molecule has 1 aliphatic heterocycles. The highest BCUT2D eigenvalue weighted by molar-refractivity contribution is 5.78. The van der Waals surface area contributed by atoms with Crippen LogP contribution in [0.2, 0.25) is 0 Å². The second kappa shape index (κ2) is 5.27. The van der Waals surface area contributed by atoms with Crippen LogP contribution in [0.25, 0.3) is 10.9 Å². The van der Waals surface area contributed by atoms with E-state index < -0.39 is 0 Å². The predicted molar refractivity (Wildman–Crippen MR) is 78.8 cm³/mol. The molecule has 0 amide bonds. The van der Waals surface area contributed by atoms with Crippen LogP contribution in [0.5, 0.6) is 0 Å². The van der Waals surface area contributed by atoms with Gasteiger partial charge in [0.2, 0.25) is 0 Å². The number of rotatable bonds is 3. The monoisotopic (exact) mass is 255 g/mol. The van der Waals surface area contributed by atoms with Crippen molar-refractivity contribution in [1.82, 2.24) is 9.88 Å². The lowest BCUT2D eigenvalue weighted by molar-refractivity contribution is 0.308. The third-order valence-corrected chi connectivity index (χ3v) is 4.13. The number of fused-ring (bicyclic) bond motifs is 1. The van der Waals surface area contributed by atoms with Gasteiger partial charge in [-0.25, -0.2) is 0 Å². The van der Waals surface area contributed by atoms with Gasteiger partial charge in [-0.1, -0.05) is 12.1 Å². The van der Waals surface area contributed by atoms with Gasteiger partial charge in [0.15, 0.2) is 0 Å². The molecule has 3 rings (SSSR count). The van der Waals surface area contributed by atoms with Crippen LogP contribution >= 0.6 is 0 Å². The first-order valence-electron chi connectivity index (χ1n) is 7.04. The smallest absolute Gasteiger partial charge is 0.0702 e. The zero-order valence-corrected chi connectivity index (χ0v) is 11.4. The summed E-state index contributed by atoms with van der Waals surface area (Å²) in [5, 5.41) is 1.22. The Morgan fingerprint density at radius 3 is 3.11 bits per heavy atom. The molecule has 1 fully saturated rings. The summed E-state index contributed by atoms with van der Waals surface area (Å²) >= 11 is 0. The first-order chi connectivity index (χ1) is 9.22. The van der Waals surface area contributed by atoms with Gasteiger partial charge in [-0.3, -0.25) is 9.88 Å². The van der Waals surface area contributed by atoms with Crippen molar-refractivity contribution in [1.29, 1.82) is 0 Å². The highest BCUT2D eigenvalue weighted by atomic mass is 15.1. The quantitative estimate of drug-likeness (QED) is 0.915. The second-order valence-electron chi connectivity index (χ2n) is 5.67. The number of likely N-dealkylation sites (tertiary alicyclic amines) is 1. The highest BCUT2D eigenvalue weighted by Gasteiger charge is 2.24. The van der Waals surface area contributed by atoms with Crippen LogP contribution in [0.4, 0.5) is 0 Å². The molecule has 0 saturated carbocycles. The Bertz CT molecular complexity index is 565. The van der Waals surface area contributed by atoms with E-state index in [0.29, 0.717) is 12.0 Å². The van der Waals surface area contributed by atoms with E-state index in [1.807, 2.05) is 12.3 Å². The van der Waals surface area contributed by atoms with Crippen LogP contribution in [0.3, 0.4) is 0 Å². The van der Waals surface area contributed by atoms with Crippen molar-refractivity contribution in [3.63, 3.8) is 0 Å². The Kier molecular flexibility index (Phi) is 3.49. The Morgan fingerprint density at radius 2 is 2.32 bits per heavy atom. The summed E-state index contributed by atoms with van der Waals surface area (Å²) in [6.07, 6.45) is 3.07. The third-order valence-electron chi connectivity index (χ3n) is 4.13. The summed E-state index contributed by atoms with van der Waals surface area (Å²) in [6, 6.07) is 11.0. The average Bonchev–Trinajstić information content (AvgIpc) is 2.87. The first-order valence-corrected chi connectivity index (χ1v) is 7.04. The summed E-state index contributed by atoms with van der Waals surface area (Å²) < 4.78 is 0. The van der Waals surface area contributed by atoms with Gasteiger partial charge in [-0.05, 0) is 49.6 Å². The molecule has 19 heavy (non-hydrogen) atoms. The van der Waals surface area contributed by atoms with Gasteiger partial charge < -0.3 is 5.73 Å². The van der Waals surface area contributed by atoms with Gasteiger partial charge in [0.1, 0.15) is 0 Å². The van der Waals surface area contributed by atoms with Crippen LogP contribution in [0.15, 0.2) is 36.5 Å². The van der Waals surface area contributed by atoms with Gasteiger partial charge in [-0.15, -0.1) is 0 Å². The topological polar surface area (TPSA) is 42.1 Å². The molecule has 2 aromatic rings. The lowest BCUT2D eigenvalue weighted by atomic mass is 10.0. The molecule has 100 valence electrons. The van der Waals surface area contributed by atoms with E-state index in [4.69, 9.17) is 5.73 Å². The van der Waals surface area contributed by atoms with E-state index in [0.717, 1.165) is 25.2 Å². The molecule has 3 heteroatoms. The van der Waals surface area contributed by atoms with E-state index in [2.05, 4.69) is 41.1 Å². The molecule has 0 spiro atoms. The Hall–Kier alpha value is -1.45.